The highest BCUT2D eigenvalue weighted by Crippen LogP contribution is 2.34. The Balaban J connectivity index is 2.82. The first-order valence-corrected chi connectivity index (χ1v) is 7.15. The van der Waals surface area contributed by atoms with Gasteiger partial charge >= 0.3 is 0 Å². The number of nitrogens with zero attached hydrogens (tertiary/aromatic N) is 1. The molecular formula is C17H23ClN+. The van der Waals surface area contributed by atoms with E-state index >= 15 is 0 Å². The maximum atomic E-state index is 6.31. The molecule has 0 aliphatic heterocycles. The van der Waals surface area contributed by atoms with E-state index < -0.39 is 0 Å². The largest absolute Gasteiger partial charge is 0.200 e. The molecule has 0 atom stereocenters. The average Bonchev–Trinajstić information content (AvgIpc) is 2.75. The van der Waals surface area contributed by atoms with Crippen molar-refractivity contribution in [3.8, 4) is 0 Å². The number of likely N-dealkylation sites (N-methyl/N-ethyl adjacent to an activating group) is 1. The van der Waals surface area contributed by atoms with Crippen LogP contribution in [-0.2, 0) is 0 Å². The monoisotopic (exact) mass is 276 g/mol. The Bertz CT molecular complexity index is 487. The van der Waals surface area contributed by atoms with Crippen molar-refractivity contribution in [3.05, 3.63) is 58.8 Å². The lowest BCUT2D eigenvalue weighted by Crippen LogP contribution is -2.09. The van der Waals surface area contributed by atoms with E-state index in [0.717, 1.165) is 30.1 Å². The molecule has 0 aromatic carbocycles. The van der Waals surface area contributed by atoms with Crippen LogP contribution in [0, 0.1) is 0 Å². The molecular weight excluding hydrogens is 254 g/mol. The number of rotatable bonds is 5. The summed E-state index contributed by atoms with van der Waals surface area (Å²) in [5, 5.41) is 0.919. The summed E-state index contributed by atoms with van der Waals surface area (Å²) in [6.45, 7) is 11.1. The van der Waals surface area contributed by atoms with Gasteiger partial charge in [-0.05, 0) is 51.3 Å². The summed E-state index contributed by atoms with van der Waals surface area (Å²) in [5.74, 6) is 0. The average molecular weight is 277 g/mol. The maximum Gasteiger partial charge on any atom is 0.197 e. The SMILES string of the molecule is C=C(/C=C\C)[N+](=C/C=C/C1=C(Cl)C(=C/C)/CC1)CC. The molecule has 0 radical (unpaired) electrons. The highest BCUT2D eigenvalue weighted by molar-refractivity contribution is 6.32. The Morgan fingerprint density at radius 3 is 2.63 bits per heavy atom. The molecule has 0 saturated heterocycles. The van der Waals surface area contributed by atoms with E-state index in [1.54, 1.807) is 0 Å². The first-order valence-electron chi connectivity index (χ1n) is 6.78. The van der Waals surface area contributed by atoms with Gasteiger partial charge in [-0.15, -0.1) is 0 Å². The molecule has 1 nitrogen and oxygen atoms in total. The third-order valence-electron chi connectivity index (χ3n) is 3.21. The number of hydrogen-bond donors (Lipinski definition) is 0. The third kappa shape index (κ3) is 4.36. The summed E-state index contributed by atoms with van der Waals surface area (Å²) in [6.07, 6.45) is 14.4. The zero-order valence-corrected chi connectivity index (χ0v) is 12.9. The summed E-state index contributed by atoms with van der Waals surface area (Å²) >= 11 is 6.31. The molecule has 102 valence electrons. The van der Waals surface area contributed by atoms with Crippen LogP contribution in [0.3, 0.4) is 0 Å². The van der Waals surface area contributed by atoms with E-state index in [1.807, 2.05) is 32.2 Å². The number of halogens is 1. The molecule has 0 aromatic heterocycles. The van der Waals surface area contributed by atoms with Crippen molar-refractivity contribution in [2.75, 3.05) is 6.54 Å². The fraction of sp³-hybridized carbons (Fsp3) is 0.353. The molecule has 1 aliphatic carbocycles. The van der Waals surface area contributed by atoms with Crippen molar-refractivity contribution in [3.63, 3.8) is 0 Å². The molecule has 0 saturated carbocycles. The van der Waals surface area contributed by atoms with Crippen LogP contribution >= 0.6 is 11.6 Å². The van der Waals surface area contributed by atoms with E-state index in [4.69, 9.17) is 11.6 Å². The van der Waals surface area contributed by atoms with E-state index in [0.29, 0.717) is 0 Å². The van der Waals surface area contributed by atoms with Crippen LogP contribution in [0.5, 0.6) is 0 Å². The first-order chi connectivity index (χ1) is 9.13. The molecule has 1 aliphatic rings. The van der Waals surface area contributed by atoms with E-state index in [2.05, 4.69) is 36.3 Å². The van der Waals surface area contributed by atoms with E-state index in [1.165, 1.54) is 11.1 Å². The quantitative estimate of drug-likeness (QED) is 0.379. The first kappa shape index (κ1) is 15.7. The molecule has 0 bridgehead atoms. The topological polar surface area (TPSA) is 3.01 Å². The van der Waals surface area contributed by atoms with Crippen LogP contribution in [0.25, 0.3) is 0 Å². The molecule has 0 unspecified atom stereocenters. The van der Waals surface area contributed by atoms with Crippen molar-refractivity contribution >= 4 is 17.8 Å². The minimum atomic E-state index is 0.903. The Kier molecular flexibility index (Phi) is 6.58. The standard InChI is InChI=1S/C17H23ClN/c1-5-9-14(4)19(7-3)13-8-10-16-12-11-15(6-2)17(16)18/h5-6,8-10,13H,4,7,11-12H2,1-3H3/q+1/b9-5-,10-8+,15-6+,19-13?. The zero-order valence-electron chi connectivity index (χ0n) is 12.1. The summed E-state index contributed by atoms with van der Waals surface area (Å²) in [6, 6.07) is 0. The van der Waals surface area contributed by atoms with Gasteiger partial charge in [-0.25, -0.2) is 0 Å². The summed E-state index contributed by atoms with van der Waals surface area (Å²) in [7, 11) is 0. The van der Waals surface area contributed by atoms with Crippen LogP contribution in [-0.4, -0.2) is 17.3 Å². The van der Waals surface area contributed by atoms with Crippen LogP contribution in [0.4, 0.5) is 0 Å². The van der Waals surface area contributed by atoms with Crippen molar-refractivity contribution < 1.29 is 4.58 Å². The number of hydrogen-bond acceptors (Lipinski definition) is 0. The van der Waals surface area contributed by atoms with Gasteiger partial charge in [0.1, 0.15) is 6.54 Å². The van der Waals surface area contributed by atoms with Crippen LogP contribution in [0.15, 0.2) is 58.8 Å². The molecule has 0 heterocycles. The maximum absolute atomic E-state index is 6.31. The van der Waals surface area contributed by atoms with Crippen molar-refractivity contribution in [2.45, 2.75) is 33.6 Å². The van der Waals surface area contributed by atoms with Gasteiger partial charge in [0, 0.05) is 17.2 Å². The minimum absolute atomic E-state index is 0.903. The van der Waals surface area contributed by atoms with Crippen molar-refractivity contribution in [1.82, 2.24) is 0 Å². The molecule has 0 spiro atoms. The summed E-state index contributed by atoms with van der Waals surface area (Å²) in [5.41, 5.74) is 3.47. The number of allylic oxidation sites excluding steroid dienone is 8. The lowest BCUT2D eigenvalue weighted by atomic mass is 10.2. The van der Waals surface area contributed by atoms with Gasteiger partial charge in [0.15, 0.2) is 11.9 Å². The Morgan fingerprint density at radius 1 is 1.37 bits per heavy atom. The van der Waals surface area contributed by atoms with Crippen molar-refractivity contribution in [2.24, 2.45) is 0 Å². The van der Waals surface area contributed by atoms with Crippen LogP contribution < -0.4 is 0 Å². The molecule has 2 heteroatoms. The highest BCUT2D eigenvalue weighted by Gasteiger charge is 2.14. The fourth-order valence-electron chi connectivity index (χ4n) is 2.08. The second-order valence-electron chi connectivity index (χ2n) is 4.44. The van der Waals surface area contributed by atoms with Gasteiger partial charge in [0.05, 0.1) is 0 Å². The second-order valence-corrected chi connectivity index (χ2v) is 4.82. The van der Waals surface area contributed by atoms with Gasteiger partial charge < -0.3 is 0 Å². The Labute approximate surface area is 122 Å². The third-order valence-corrected chi connectivity index (χ3v) is 3.69. The molecule has 0 fully saturated rings. The highest BCUT2D eigenvalue weighted by atomic mass is 35.5. The lowest BCUT2D eigenvalue weighted by Gasteiger charge is -1.97. The molecule has 0 aromatic rings. The lowest BCUT2D eigenvalue weighted by molar-refractivity contribution is -0.461. The van der Waals surface area contributed by atoms with E-state index in [-0.39, 0.29) is 0 Å². The second kappa shape index (κ2) is 7.96. The van der Waals surface area contributed by atoms with Crippen LogP contribution in [0.2, 0.25) is 0 Å². The predicted octanol–water partition coefficient (Wildman–Crippen LogP) is 4.97. The van der Waals surface area contributed by atoms with Gasteiger partial charge in [0.2, 0.25) is 0 Å². The molecule has 0 N–H and O–H groups in total. The predicted molar refractivity (Wildman–Crippen MR) is 85.8 cm³/mol. The summed E-state index contributed by atoms with van der Waals surface area (Å²) < 4.78 is 2.11. The molecule has 1 rings (SSSR count). The van der Waals surface area contributed by atoms with Crippen LogP contribution in [0.1, 0.15) is 33.6 Å². The summed E-state index contributed by atoms with van der Waals surface area (Å²) in [4.78, 5) is 0. The minimum Gasteiger partial charge on any atom is -0.200 e. The van der Waals surface area contributed by atoms with E-state index in [9.17, 15) is 0 Å². The zero-order chi connectivity index (χ0) is 14.3. The van der Waals surface area contributed by atoms with Gasteiger partial charge in [-0.3, -0.25) is 0 Å². The Hall–Kier alpha value is -1.34. The van der Waals surface area contributed by atoms with Gasteiger partial charge in [0.25, 0.3) is 0 Å². The smallest absolute Gasteiger partial charge is 0.197 e. The van der Waals surface area contributed by atoms with Crippen molar-refractivity contribution in [1.29, 1.82) is 0 Å². The molecule has 0 amide bonds. The van der Waals surface area contributed by atoms with Gasteiger partial charge in [-0.1, -0.05) is 29.8 Å². The fourth-order valence-corrected chi connectivity index (χ4v) is 2.44. The van der Waals surface area contributed by atoms with Gasteiger partial charge in [-0.2, -0.15) is 4.58 Å². The Morgan fingerprint density at radius 2 is 2.11 bits per heavy atom. The normalized spacial score (nSPS) is 19.4. The molecule has 19 heavy (non-hydrogen) atoms.